The van der Waals surface area contributed by atoms with Crippen molar-refractivity contribution in [1.82, 2.24) is 0 Å². The summed E-state index contributed by atoms with van der Waals surface area (Å²) in [5.74, 6) is 0.906. The van der Waals surface area contributed by atoms with E-state index in [4.69, 9.17) is 9.47 Å². The SMILES string of the molecule is CCCc1cc(CCC)c(OC(C)=O)c2c1Cc1c-2cc(CCC)c(OC(C)=O)c1CCC. The standard InChI is InChI=1S/C29H38O4/c1-7-11-20-15-21(12-8-2)29(33-19(6)31)27-24(20)17-25-23(14-10-4)28(32-18(5)30)22(13-9-3)16-26(25)27/h15-16H,7-14,17H2,1-6H3. The molecule has 0 spiro atoms. The van der Waals surface area contributed by atoms with Gasteiger partial charge in [0.25, 0.3) is 0 Å². The summed E-state index contributed by atoms with van der Waals surface area (Å²) in [4.78, 5) is 24.1. The van der Waals surface area contributed by atoms with Crippen molar-refractivity contribution in [2.45, 2.75) is 99.3 Å². The number of aryl methyl sites for hydroxylation is 3. The molecule has 2 aromatic rings. The van der Waals surface area contributed by atoms with E-state index in [0.717, 1.165) is 97.1 Å². The normalized spacial score (nSPS) is 11.8. The van der Waals surface area contributed by atoms with E-state index in [0.29, 0.717) is 0 Å². The molecule has 0 heterocycles. The number of ether oxygens (including phenoxy) is 2. The van der Waals surface area contributed by atoms with E-state index in [1.54, 1.807) is 0 Å². The molecule has 0 aromatic heterocycles. The molecule has 178 valence electrons. The van der Waals surface area contributed by atoms with Crippen LogP contribution in [0.1, 0.15) is 101 Å². The second-order valence-corrected chi connectivity index (χ2v) is 9.11. The van der Waals surface area contributed by atoms with Crippen LogP contribution in [0.3, 0.4) is 0 Å². The number of hydrogen-bond acceptors (Lipinski definition) is 4. The molecular formula is C29H38O4. The first-order valence-electron chi connectivity index (χ1n) is 12.6. The van der Waals surface area contributed by atoms with E-state index >= 15 is 0 Å². The number of carbonyl (C=O) groups excluding carboxylic acids is 2. The molecule has 0 saturated carbocycles. The molecule has 0 N–H and O–H groups in total. The molecule has 3 rings (SSSR count). The Kier molecular flexibility index (Phi) is 8.34. The molecule has 4 heteroatoms. The fourth-order valence-electron chi connectivity index (χ4n) is 5.18. The number of benzene rings is 2. The van der Waals surface area contributed by atoms with E-state index in [2.05, 4.69) is 39.8 Å². The molecule has 0 radical (unpaired) electrons. The first-order valence-corrected chi connectivity index (χ1v) is 12.6. The predicted molar refractivity (Wildman–Crippen MR) is 133 cm³/mol. The van der Waals surface area contributed by atoms with Crippen LogP contribution in [0.2, 0.25) is 0 Å². The molecule has 0 amide bonds. The molecule has 0 saturated heterocycles. The van der Waals surface area contributed by atoms with Crippen LogP contribution in [0.5, 0.6) is 11.5 Å². The molecule has 1 aliphatic rings. The highest BCUT2D eigenvalue weighted by Crippen LogP contribution is 2.50. The minimum absolute atomic E-state index is 0.280. The van der Waals surface area contributed by atoms with Gasteiger partial charge >= 0.3 is 11.9 Å². The van der Waals surface area contributed by atoms with E-state index < -0.39 is 0 Å². The third kappa shape index (κ3) is 5.15. The molecule has 0 unspecified atom stereocenters. The van der Waals surface area contributed by atoms with E-state index in [1.807, 2.05) is 0 Å². The largest absolute Gasteiger partial charge is 0.426 e. The second kappa shape index (κ2) is 11.0. The van der Waals surface area contributed by atoms with Crippen molar-refractivity contribution >= 4 is 11.9 Å². The summed E-state index contributed by atoms with van der Waals surface area (Å²) in [7, 11) is 0. The van der Waals surface area contributed by atoms with Crippen LogP contribution in [-0.2, 0) is 41.7 Å². The molecule has 0 bridgehead atoms. The van der Waals surface area contributed by atoms with Crippen molar-refractivity contribution in [3.05, 3.63) is 45.5 Å². The van der Waals surface area contributed by atoms with Gasteiger partial charge < -0.3 is 9.47 Å². The molecule has 1 aliphatic carbocycles. The first kappa shape index (κ1) is 25.0. The van der Waals surface area contributed by atoms with Crippen LogP contribution >= 0.6 is 0 Å². The highest BCUT2D eigenvalue weighted by atomic mass is 16.5. The van der Waals surface area contributed by atoms with Crippen LogP contribution < -0.4 is 9.47 Å². The fourth-order valence-corrected chi connectivity index (χ4v) is 5.18. The van der Waals surface area contributed by atoms with Gasteiger partial charge in [0.15, 0.2) is 0 Å². The maximum absolute atomic E-state index is 12.1. The highest BCUT2D eigenvalue weighted by molar-refractivity contribution is 5.89. The summed E-state index contributed by atoms with van der Waals surface area (Å²) in [6, 6.07) is 4.45. The summed E-state index contributed by atoms with van der Waals surface area (Å²) in [5.41, 5.74) is 9.38. The third-order valence-corrected chi connectivity index (χ3v) is 6.30. The minimum atomic E-state index is -0.287. The van der Waals surface area contributed by atoms with Gasteiger partial charge in [0, 0.05) is 19.4 Å². The zero-order valence-electron chi connectivity index (χ0n) is 21.2. The number of esters is 2. The Morgan fingerprint density at radius 1 is 0.697 bits per heavy atom. The quantitative estimate of drug-likeness (QED) is 0.248. The summed E-state index contributed by atoms with van der Waals surface area (Å²) >= 11 is 0. The molecular weight excluding hydrogens is 412 g/mol. The van der Waals surface area contributed by atoms with Crippen molar-refractivity contribution in [3.63, 3.8) is 0 Å². The van der Waals surface area contributed by atoms with Crippen molar-refractivity contribution < 1.29 is 19.1 Å². The summed E-state index contributed by atoms with van der Waals surface area (Å²) in [6.45, 7) is 11.6. The summed E-state index contributed by atoms with van der Waals surface area (Å²) in [5, 5.41) is 0. The second-order valence-electron chi connectivity index (χ2n) is 9.11. The minimum Gasteiger partial charge on any atom is -0.426 e. The van der Waals surface area contributed by atoms with Gasteiger partial charge in [-0.2, -0.15) is 0 Å². The van der Waals surface area contributed by atoms with Gasteiger partial charge in [-0.3, -0.25) is 9.59 Å². The number of carbonyl (C=O) groups is 2. The lowest BCUT2D eigenvalue weighted by Gasteiger charge is -2.20. The van der Waals surface area contributed by atoms with Crippen LogP contribution in [0, 0.1) is 0 Å². The highest BCUT2D eigenvalue weighted by Gasteiger charge is 2.32. The Labute approximate surface area is 198 Å². The van der Waals surface area contributed by atoms with Gasteiger partial charge in [-0.15, -0.1) is 0 Å². The molecule has 2 aromatic carbocycles. The lowest BCUT2D eigenvalue weighted by molar-refractivity contribution is -0.132. The van der Waals surface area contributed by atoms with Crippen molar-refractivity contribution in [2.75, 3.05) is 0 Å². The zero-order valence-corrected chi connectivity index (χ0v) is 21.2. The van der Waals surface area contributed by atoms with Gasteiger partial charge in [-0.05, 0) is 77.1 Å². The van der Waals surface area contributed by atoms with Crippen molar-refractivity contribution in [1.29, 1.82) is 0 Å². The van der Waals surface area contributed by atoms with Crippen LogP contribution in [0.4, 0.5) is 0 Å². The predicted octanol–water partition coefficient (Wildman–Crippen LogP) is 6.92. The monoisotopic (exact) mass is 450 g/mol. The van der Waals surface area contributed by atoms with Gasteiger partial charge in [0.05, 0.1) is 0 Å². The fraction of sp³-hybridized carbons (Fsp3) is 0.517. The Morgan fingerprint density at radius 3 is 1.76 bits per heavy atom. The lowest BCUT2D eigenvalue weighted by atomic mass is 9.90. The molecule has 33 heavy (non-hydrogen) atoms. The Morgan fingerprint density at radius 2 is 1.21 bits per heavy atom. The van der Waals surface area contributed by atoms with Crippen LogP contribution in [-0.4, -0.2) is 11.9 Å². The van der Waals surface area contributed by atoms with E-state index in [-0.39, 0.29) is 11.9 Å². The lowest BCUT2D eigenvalue weighted by Crippen LogP contribution is -2.09. The maximum atomic E-state index is 12.1. The van der Waals surface area contributed by atoms with Gasteiger partial charge in [0.1, 0.15) is 11.5 Å². The first-order chi connectivity index (χ1) is 15.9. The smallest absolute Gasteiger partial charge is 0.308 e. The van der Waals surface area contributed by atoms with E-state index in [1.165, 1.54) is 30.5 Å². The van der Waals surface area contributed by atoms with Crippen LogP contribution in [0.15, 0.2) is 12.1 Å². The van der Waals surface area contributed by atoms with Gasteiger partial charge in [-0.1, -0.05) is 59.4 Å². The third-order valence-electron chi connectivity index (χ3n) is 6.30. The molecule has 0 fully saturated rings. The van der Waals surface area contributed by atoms with Crippen molar-refractivity contribution in [3.8, 4) is 22.6 Å². The van der Waals surface area contributed by atoms with Crippen LogP contribution in [0.25, 0.3) is 11.1 Å². The van der Waals surface area contributed by atoms with Gasteiger partial charge in [0.2, 0.25) is 0 Å². The zero-order chi connectivity index (χ0) is 24.1. The molecule has 0 atom stereocenters. The Hall–Kier alpha value is -2.62. The van der Waals surface area contributed by atoms with Crippen molar-refractivity contribution in [2.24, 2.45) is 0 Å². The Balaban J connectivity index is 2.38. The maximum Gasteiger partial charge on any atom is 0.308 e. The Bertz CT molecular complexity index is 1050. The van der Waals surface area contributed by atoms with Gasteiger partial charge in [-0.25, -0.2) is 0 Å². The number of rotatable bonds is 10. The summed E-state index contributed by atoms with van der Waals surface area (Å²) < 4.78 is 11.7. The number of hydrogen-bond donors (Lipinski definition) is 0. The average Bonchev–Trinajstić information content (AvgIpc) is 3.12. The topological polar surface area (TPSA) is 52.6 Å². The molecule has 4 nitrogen and oxygen atoms in total. The van der Waals surface area contributed by atoms with E-state index in [9.17, 15) is 9.59 Å². The molecule has 0 aliphatic heterocycles. The number of fused-ring (bicyclic) bond motifs is 3. The summed E-state index contributed by atoms with van der Waals surface area (Å²) in [6.07, 6.45) is 8.31. The average molecular weight is 451 g/mol.